The van der Waals surface area contributed by atoms with Crippen molar-refractivity contribution >= 4 is 23.1 Å². The third kappa shape index (κ3) is 4.85. The summed E-state index contributed by atoms with van der Waals surface area (Å²) in [5.41, 5.74) is 11.3. The summed E-state index contributed by atoms with van der Waals surface area (Å²) >= 11 is 0. The van der Waals surface area contributed by atoms with E-state index < -0.39 is 5.92 Å². The topological polar surface area (TPSA) is 142 Å². The van der Waals surface area contributed by atoms with Crippen LogP contribution in [0.2, 0.25) is 0 Å². The number of nitrogens with two attached hydrogens (primary N) is 1. The number of hydrogen-bond donors (Lipinski definition) is 2. The Labute approximate surface area is 236 Å². The fraction of sp³-hybridized carbons (Fsp3) is 0.233. The summed E-state index contributed by atoms with van der Waals surface area (Å²) < 4.78 is 3.37. The number of benzene rings is 1. The Morgan fingerprint density at radius 3 is 2.46 bits per heavy atom. The van der Waals surface area contributed by atoms with Gasteiger partial charge < -0.3 is 20.6 Å². The number of aliphatic hydroxyl groups excluding tert-OH is 1. The number of nitriles is 1. The summed E-state index contributed by atoms with van der Waals surface area (Å²) in [5, 5.41) is 28.4. The molecule has 206 valence electrons. The fourth-order valence-electron chi connectivity index (χ4n) is 5.37. The third-order valence-corrected chi connectivity index (χ3v) is 7.56. The number of aliphatic hydroxyl groups is 1. The van der Waals surface area contributed by atoms with E-state index in [4.69, 9.17) is 10.7 Å². The smallest absolute Gasteiger partial charge is 0.232 e. The lowest BCUT2D eigenvalue weighted by Crippen LogP contribution is -2.50. The van der Waals surface area contributed by atoms with Gasteiger partial charge in [0.25, 0.3) is 0 Å². The Kier molecular flexibility index (Phi) is 6.83. The molecule has 0 bridgehead atoms. The summed E-state index contributed by atoms with van der Waals surface area (Å²) in [7, 11) is 1.86. The van der Waals surface area contributed by atoms with E-state index in [0.29, 0.717) is 37.3 Å². The number of carbonyl (C=O) groups excluding carboxylic acids is 1. The van der Waals surface area contributed by atoms with Gasteiger partial charge in [0.05, 0.1) is 24.2 Å². The molecule has 41 heavy (non-hydrogen) atoms. The van der Waals surface area contributed by atoms with Crippen LogP contribution in [0.5, 0.6) is 0 Å². The normalized spacial score (nSPS) is 14.3. The summed E-state index contributed by atoms with van der Waals surface area (Å²) in [5.74, 6) is 0.350. The van der Waals surface area contributed by atoms with Crippen molar-refractivity contribution in [2.45, 2.75) is 5.92 Å². The number of pyridine rings is 2. The number of aromatic nitrogens is 5. The van der Waals surface area contributed by atoms with Crippen molar-refractivity contribution in [3.8, 4) is 28.3 Å². The van der Waals surface area contributed by atoms with Crippen molar-refractivity contribution in [2.24, 2.45) is 7.05 Å². The Hall–Kier alpha value is -5.21. The lowest BCUT2D eigenvalue weighted by atomic mass is 9.98. The Morgan fingerprint density at radius 1 is 1.05 bits per heavy atom. The molecule has 0 saturated carbocycles. The molecule has 1 unspecified atom stereocenters. The molecule has 3 N–H and O–H groups in total. The summed E-state index contributed by atoms with van der Waals surface area (Å²) in [6.45, 7) is 2.12. The zero-order chi connectivity index (χ0) is 28.5. The predicted octanol–water partition coefficient (Wildman–Crippen LogP) is 2.68. The molecule has 1 aromatic carbocycles. The van der Waals surface area contributed by atoms with Crippen molar-refractivity contribution < 1.29 is 9.90 Å². The number of amides is 1. The maximum absolute atomic E-state index is 13.2. The number of fused-ring (bicyclic) bond motifs is 1. The maximum atomic E-state index is 13.2. The molecular formula is C30H29N9O2. The number of piperazine rings is 1. The van der Waals surface area contributed by atoms with Crippen molar-refractivity contribution in [2.75, 3.05) is 43.4 Å². The molecule has 1 aliphatic rings. The van der Waals surface area contributed by atoms with Gasteiger partial charge in [0.1, 0.15) is 17.5 Å². The Morgan fingerprint density at radius 2 is 1.83 bits per heavy atom. The fourth-order valence-corrected chi connectivity index (χ4v) is 5.37. The van der Waals surface area contributed by atoms with E-state index in [1.807, 2.05) is 72.9 Å². The van der Waals surface area contributed by atoms with E-state index in [1.54, 1.807) is 21.6 Å². The van der Waals surface area contributed by atoms with Crippen LogP contribution < -0.4 is 10.6 Å². The number of rotatable bonds is 6. The molecule has 4 aromatic heterocycles. The van der Waals surface area contributed by atoms with E-state index >= 15 is 0 Å². The van der Waals surface area contributed by atoms with Gasteiger partial charge in [-0.25, -0.2) is 9.50 Å². The van der Waals surface area contributed by atoms with Crippen molar-refractivity contribution in [3.05, 3.63) is 84.4 Å². The number of anilines is 2. The zero-order valence-electron chi connectivity index (χ0n) is 22.6. The SMILES string of the molecule is Cn1cc(-c2cc(-c3ccc(N4CCN(C(=O)C(CO)c5ccccc5)CC4)nc3)c3c(C#N)c(N)nn3c2)cn1. The van der Waals surface area contributed by atoms with Crippen LogP contribution in [0.1, 0.15) is 17.0 Å². The molecule has 1 fully saturated rings. The van der Waals surface area contributed by atoms with Gasteiger partial charge in [0, 0.05) is 74.1 Å². The highest BCUT2D eigenvalue weighted by atomic mass is 16.3. The Bertz CT molecular complexity index is 1740. The molecule has 11 heteroatoms. The molecule has 11 nitrogen and oxygen atoms in total. The van der Waals surface area contributed by atoms with E-state index in [0.717, 1.165) is 33.6 Å². The van der Waals surface area contributed by atoms with Crippen LogP contribution in [0, 0.1) is 11.3 Å². The minimum atomic E-state index is -0.560. The second-order valence-corrected chi connectivity index (χ2v) is 10.1. The molecule has 1 amide bonds. The average Bonchev–Trinajstić information content (AvgIpc) is 3.59. The van der Waals surface area contributed by atoms with Crippen LogP contribution in [0.15, 0.2) is 73.3 Å². The van der Waals surface area contributed by atoms with Gasteiger partial charge in [-0.2, -0.15) is 10.4 Å². The lowest BCUT2D eigenvalue weighted by molar-refractivity contribution is -0.134. The summed E-state index contributed by atoms with van der Waals surface area (Å²) in [6.07, 6.45) is 7.32. The van der Waals surface area contributed by atoms with Gasteiger partial charge in [-0.3, -0.25) is 9.48 Å². The summed E-state index contributed by atoms with van der Waals surface area (Å²) in [6, 6.07) is 17.5. The number of hydrogen-bond acceptors (Lipinski definition) is 8. The number of nitrogens with zero attached hydrogens (tertiary/aromatic N) is 8. The van der Waals surface area contributed by atoms with Gasteiger partial charge in [-0.05, 0) is 23.8 Å². The van der Waals surface area contributed by atoms with Crippen LogP contribution in [0.25, 0.3) is 27.8 Å². The van der Waals surface area contributed by atoms with E-state index in [-0.39, 0.29) is 18.3 Å². The van der Waals surface area contributed by atoms with E-state index in [2.05, 4.69) is 21.2 Å². The highest BCUT2D eigenvalue weighted by Gasteiger charge is 2.28. The summed E-state index contributed by atoms with van der Waals surface area (Å²) in [4.78, 5) is 21.9. The van der Waals surface area contributed by atoms with Crippen LogP contribution >= 0.6 is 0 Å². The van der Waals surface area contributed by atoms with Gasteiger partial charge in [-0.1, -0.05) is 30.3 Å². The molecule has 1 saturated heterocycles. The first-order chi connectivity index (χ1) is 20.0. The van der Waals surface area contributed by atoms with Crippen LogP contribution in [0.4, 0.5) is 11.6 Å². The van der Waals surface area contributed by atoms with Gasteiger partial charge >= 0.3 is 0 Å². The molecule has 1 aliphatic heterocycles. The van der Waals surface area contributed by atoms with E-state index in [1.165, 1.54) is 0 Å². The molecule has 5 heterocycles. The lowest BCUT2D eigenvalue weighted by Gasteiger charge is -2.37. The van der Waals surface area contributed by atoms with Crippen molar-refractivity contribution in [3.63, 3.8) is 0 Å². The molecule has 1 atom stereocenters. The number of carbonyl (C=O) groups is 1. The van der Waals surface area contributed by atoms with Crippen LogP contribution in [0.3, 0.4) is 0 Å². The van der Waals surface area contributed by atoms with Crippen molar-refractivity contribution in [1.82, 2.24) is 29.3 Å². The largest absolute Gasteiger partial charge is 0.395 e. The molecule has 5 aromatic rings. The number of aryl methyl sites for hydroxylation is 1. The quantitative estimate of drug-likeness (QED) is 0.331. The second kappa shape index (κ2) is 10.7. The maximum Gasteiger partial charge on any atom is 0.232 e. The highest BCUT2D eigenvalue weighted by molar-refractivity contribution is 5.90. The minimum absolute atomic E-state index is 0.0625. The molecule has 0 radical (unpaired) electrons. The van der Waals surface area contributed by atoms with Crippen molar-refractivity contribution in [1.29, 1.82) is 5.26 Å². The Balaban J connectivity index is 1.23. The molecular weight excluding hydrogens is 518 g/mol. The predicted molar refractivity (Wildman–Crippen MR) is 155 cm³/mol. The van der Waals surface area contributed by atoms with Crippen LogP contribution in [-0.2, 0) is 11.8 Å². The van der Waals surface area contributed by atoms with Gasteiger partial charge in [0.15, 0.2) is 5.82 Å². The van der Waals surface area contributed by atoms with Crippen LogP contribution in [-0.4, -0.2) is 73.1 Å². The monoisotopic (exact) mass is 547 g/mol. The first-order valence-electron chi connectivity index (χ1n) is 13.3. The first-order valence-corrected chi connectivity index (χ1v) is 13.3. The third-order valence-electron chi connectivity index (χ3n) is 7.56. The second-order valence-electron chi connectivity index (χ2n) is 10.1. The molecule has 0 spiro atoms. The van der Waals surface area contributed by atoms with E-state index in [9.17, 15) is 15.2 Å². The van der Waals surface area contributed by atoms with Gasteiger partial charge in [0.2, 0.25) is 5.91 Å². The highest BCUT2D eigenvalue weighted by Crippen LogP contribution is 2.34. The first kappa shape index (κ1) is 26.0. The number of nitrogen functional groups attached to an aromatic ring is 1. The van der Waals surface area contributed by atoms with Gasteiger partial charge in [-0.15, -0.1) is 5.10 Å². The standard InChI is InChI=1S/C30H29N9O2/c1-36-17-23(16-34-36)22-13-24(28-25(14-31)29(32)35-39(28)18-22)21-7-8-27(33-15-21)37-9-11-38(12-10-37)30(41)26(19-40)20-5-3-2-4-6-20/h2-8,13,15-18,26,40H,9-12,19H2,1H3,(H2,32,35). The minimum Gasteiger partial charge on any atom is -0.395 e. The average molecular weight is 548 g/mol. The zero-order valence-corrected chi connectivity index (χ0v) is 22.6. The molecule has 6 rings (SSSR count). The molecule has 0 aliphatic carbocycles.